The number of alkyl halides is 3. The number of nitrogens with one attached hydrogen (secondary N) is 1. The van der Waals surface area contributed by atoms with E-state index in [2.05, 4.69) is 10.3 Å². The van der Waals surface area contributed by atoms with Gasteiger partial charge in [0.2, 0.25) is 11.8 Å². The molecule has 2 aliphatic rings. The summed E-state index contributed by atoms with van der Waals surface area (Å²) in [6.07, 6.45) is -3.67. The molecule has 2 aliphatic heterocycles. The van der Waals surface area contributed by atoms with Crippen molar-refractivity contribution in [3.05, 3.63) is 29.6 Å². The van der Waals surface area contributed by atoms with Crippen LogP contribution in [0.2, 0.25) is 0 Å². The van der Waals surface area contributed by atoms with Gasteiger partial charge in [0.25, 0.3) is 5.91 Å². The fourth-order valence-electron chi connectivity index (χ4n) is 2.69. The number of carbonyl (C=O) groups excluding carboxylic acids is 3. The SMILES string of the molecule is O=C1NC(=O)[C@@H]2CN(C(=O)c3cc(C(F)(F)F)ccn3)C[C@H]12. The number of hydrogen-bond donors (Lipinski definition) is 1. The molecular formula is C13H10F3N3O3. The molecule has 0 spiro atoms. The maximum atomic E-state index is 12.6. The van der Waals surface area contributed by atoms with Gasteiger partial charge in [-0.15, -0.1) is 0 Å². The van der Waals surface area contributed by atoms with Crippen LogP contribution in [0, 0.1) is 11.8 Å². The number of likely N-dealkylation sites (tertiary alicyclic amines) is 1. The first-order valence-corrected chi connectivity index (χ1v) is 6.44. The zero-order valence-electron chi connectivity index (χ0n) is 11.1. The smallest absolute Gasteiger partial charge is 0.336 e. The van der Waals surface area contributed by atoms with Crippen molar-refractivity contribution in [2.24, 2.45) is 11.8 Å². The molecule has 0 saturated carbocycles. The van der Waals surface area contributed by atoms with Gasteiger partial charge < -0.3 is 4.90 Å². The maximum Gasteiger partial charge on any atom is 0.416 e. The summed E-state index contributed by atoms with van der Waals surface area (Å²) in [6, 6.07) is 1.44. The van der Waals surface area contributed by atoms with Gasteiger partial charge >= 0.3 is 6.18 Å². The lowest BCUT2D eigenvalue weighted by atomic mass is 10.00. The summed E-state index contributed by atoms with van der Waals surface area (Å²) in [4.78, 5) is 40.1. The van der Waals surface area contributed by atoms with Crippen LogP contribution in [0.15, 0.2) is 18.3 Å². The van der Waals surface area contributed by atoms with E-state index in [-0.39, 0.29) is 18.8 Å². The molecule has 0 aliphatic carbocycles. The van der Waals surface area contributed by atoms with E-state index < -0.39 is 41.3 Å². The molecule has 0 radical (unpaired) electrons. The minimum atomic E-state index is -4.57. The van der Waals surface area contributed by atoms with Gasteiger partial charge in [-0.2, -0.15) is 13.2 Å². The third-order valence-electron chi connectivity index (χ3n) is 3.83. The summed E-state index contributed by atoms with van der Waals surface area (Å²) < 4.78 is 37.9. The topological polar surface area (TPSA) is 79.4 Å². The van der Waals surface area contributed by atoms with Gasteiger partial charge in [0.15, 0.2) is 0 Å². The van der Waals surface area contributed by atoms with Crippen LogP contribution in [-0.4, -0.2) is 40.7 Å². The Morgan fingerprint density at radius 1 is 1.23 bits per heavy atom. The number of aromatic nitrogens is 1. The fraction of sp³-hybridized carbons (Fsp3) is 0.385. The quantitative estimate of drug-likeness (QED) is 0.763. The Labute approximate surface area is 122 Å². The molecule has 22 heavy (non-hydrogen) atoms. The number of hydrogen-bond acceptors (Lipinski definition) is 4. The normalized spacial score (nSPS) is 24.4. The van der Waals surface area contributed by atoms with Crippen LogP contribution in [0.25, 0.3) is 0 Å². The van der Waals surface area contributed by atoms with E-state index in [1.165, 1.54) is 4.90 Å². The maximum absolute atomic E-state index is 12.6. The third kappa shape index (κ3) is 2.32. The van der Waals surface area contributed by atoms with Crippen molar-refractivity contribution < 1.29 is 27.6 Å². The predicted molar refractivity (Wildman–Crippen MR) is 65.3 cm³/mol. The first-order chi connectivity index (χ1) is 10.3. The van der Waals surface area contributed by atoms with Crippen LogP contribution < -0.4 is 5.32 Å². The lowest BCUT2D eigenvalue weighted by Gasteiger charge is -2.17. The number of carbonyl (C=O) groups is 3. The summed E-state index contributed by atoms with van der Waals surface area (Å²) in [5.41, 5.74) is -1.33. The number of nitrogens with zero attached hydrogens (tertiary/aromatic N) is 2. The molecule has 3 amide bonds. The van der Waals surface area contributed by atoms with Crippen LogP contribution in [-0.2, 0) is 15.8 Å². The second-order valence-corrected chi connectivity index (χ2v) is 5.20. The minimum Gasteiger partial charge on any atom is -0.336 e. The molecule has 3 rings (SSSR count). The van der Waals surface area contributed by atoms with Crippen molar-refractivity contribution >= 4 is 17.7 Å². The van der Waals surface area contributed by atoms with Gasteiger partial charge in [-0.25, -0.2) is 0 Å². The van der Waals surface area contributed by atoms with E-state index >= 15 is 0 Å². The summed E-state index contributed by atoms with van der Waals surface area (Å²) in [5, 5.41) is 2.17. The Hall–Kier alpha value is -2.45. The lowest BCUT2D eigenvalue weighted by molar-refractivity contribution is -0.137. The average Bonchev–Trinajstić information content (AvgIpc) is 3.00. The molecule has 1 aromatic heterocycles. The van der Waals surface area contributed by atoms with Crippen LogP contribution in [0.4, 0.5) is 13.2 Å². The minimum absolute atomic E-state index is 0.000993. The van der Waals surface area contributed by atoms with Crippen molar-refractivity contribution in [1.82, 2.24) is 15.2 Å². The zero-order valence-corrected chi connectivity index (χ0v) is 11.1. The zero-order chi connectivity index (χ0) is 16.1. The van der Waals surface area contributed by atoms with E-state index in [0.29, 0.717) is 6.07 Å². The Morgan fingerprint density at radius 3 is 2.36 bits per heavy atom. The van der Waals surface area contributed by atoms with E-state index in [4.69, 9.17) is 0 Å². The van der Waals surface area contributed by atoms with Crippen LogP contribution in [0.1, 0.15) is 16.1 Å². The molecular weight excluding hydrogens is 303 g/mol. The molecule has 1 N–H and O–H groups in total. The van der Waals surface area contributed by atoms with E-state index in [0.717, 1.165) is 12.3 Å². The Morgan fingerprint density at radius 2 is 1.82 bits per heavy atom. The van der Waals surface area contributed by atoms with Gasteiger partial charge in [0.05, 0.1) is 17.4 Å². The van der Waals surface area contributed by atoms with E-state index in [1.54, 1.807) is 0 Å². The number of imide groups is 1. The molecule has 2 atom stereocenters. The number of amides is 3. The van der Waals surface area contributed by atoms with Gasteiger partial charge in [-0.05, 0) is 12.1 Å². The third-order valence-corrected chi connectivity index (χ3v) is 3.83. The molecule has 9 heteroatoms. The fourth-order valence-corrected chi connectivity index (χ4v) is 2.69. The number of fused-ring (bicyclic) bond motifs is 1. The first kappa shape index (κ1) is 14.5. The number of rotatable bonds is 1. The highest BCUT2D eigenvalue weighted by Gasteiger charge is 2.49. The van der Waals surface area contributed by atoms with Crippen LogP contribution in [0.5, 0.6) is 0 Å². The number of pyridine rings is 1. The van der Waals surface area contributed by atoms with Crippen molar-refractivity contribution in [3.63, 3.8) is 0 Å². The molecule has 1 aromatic rings. The summed E-state index contributed by atoms with van der Waals surface area (Å²) in [5.74, 6) is -2.91. The van der Waals surface area contributed by atoms with Crippen LogP contribution >= 0.6 is 0 Å². The lowest BCUT2D eigenvalue weighted by Crippen LogP contribution is -2.35. The summed E-state index contributed by atoms with van der Waals surface area (Å²) >= 11 is 0. The molecule has 3 heterocycles. The van der Waals surface area contributed by atoms with Gasteiger partial charge in [-0.1, -0.05) is 0 Å². The number of halogens is 3. The highest BCUT2D eigenvalue weighted by molar-refractivity contribution is 6.06. The molecule has 0 bridgehead atoms. The summed E-state index contributed by atoms with van der Waals surface area (Å²) in [7, 11) is 0. The molecule has 2 fully saturated rings. The highest BCUT2D eigenvalue weighted by atomic mass is 19.4. The molecule has 2 saturated heterocycles. The van der Waals surface area contributed by atoms with Gasteiger partial charge in [0.1, 0.15) is 5.69 Å². The second kappa shape index (κ2) is 4.79. The van der Waals surface area contributed by atoms with E-state index in [9.17, 15) is 27.6 Å². The average molecular weight is 313 g/mol. The van der Waals surface area contributed by atoms with Crippen molar-refractivity contribution in [1.29, 1.82) is 0 Å². The molecule has 0 aromatic carbocycles. The van der Waals surface area contributed by atoms with Crippen LogP contribution in [0.3, 0.4) is 0 Å². The molecule has 116 valence electrons. The highest BCUT2D eigenvalue weighted by Crippen LogP contribution is 2.31. The van der Waals surface area contributed by atoms with Gasteiger partial charge in [-0.3, -0.25) is 24.7 Å². The first-order valence-electron chi connectivity index (χ1n) is 6.44. The largest absolute Gasteiger partial charge is 0.416 e. The Balaban J connectivity index is 1.81. The Bertz CT molecular complexity index is 652. The Kier molecular flexibility index (Phi) is 3.15. The second-order valence-electron chi connectivity index (χ2n) is 5.20. The van der Waals surface area contributed by atoms with Crippen molar-refractivity contribution in [2.75, 3.05) is 13.1 Å². The van der Waals surface area contributed by atoms with Crippen molar-refractivity contribution in [3.8, 4) is 0 Å². The van der Waals surface area contributed by atoms with Crippen molar-refractivity contribution in [2.45, 2.75) is 6.18 Å². The van der Waals surface area contributed by atoms with E-state index in [1.807, 2.05) is 0 Å². The standard InChI is InChI=1S/C13H10F3N3O3/c14-13(15,16)6-1-2-17-9(3-6)12(22)19-4-7-8(5-19)11(21)18-10(7)20/h1-3,7-8H,4-5H2,(H,18,20,21)/t7-,8+. The summed E-state index contributed by atoms with van der Waals surface area (Å²) in [6.45, 7) is -0.00199. The van der Waals surface area contributed by atoms with Gasteiger partial charge in [0, 0.05) is 19.3 Å². The molecule has 6 nitrogen and oxygen atoms in total. The molecule has 0 unspecified atom stereocenters. The predicted octanol–water partition coefficient (Wildman–Crippen LogP) is 0.445. The monoisotopic (exact) mass is 313 g/mol.